The van der Waals surface area contributed by atoms with E-state index in [-0.39, 0.29) is 12.3 Å². The summed E-state index contributed by atoms with van der Waals surface area (Å²) in [5.74, 6) is -0.803. The van der Waals surface area contributed by atoms with Crippen LogP contribution in [0.15, 0.2) is 0 Å². The van der Waals surface area contributed by atoms with E-state index in [4.69, 9.17) is 5.11 Å². The van der Waals surface area contributed by atoms with Gasteiger partial charge in [-0.05, 0) is 25.2 Å². The molecule has 0 amide bonds. The Hall–Kier alpha value is -0.600. The van der Waals surface area contributed by atoms with E-state index in [9.17, 15) is 9.18 Å². The smallest absolute Gasteiger partial charge is 0.303 e. The fourth-order valence-electron chi connectivity index (χ4n) is 1.80. The molecule has 3 heteroatoms. The van der Waals surface area contributed by atoms with Gasteiger partial charge in [0.25, 0.3) is 0 Å². The molecule has 70 valence electrons. The summed E-state index contributed by atoms with van der Waals surface area (Å²) in [5.41, 5.74) is 0. The van der Waals surface area contributed by atoms with Gasteiger partial charge in [-0.25, -0.2) is 4.39 Å². The van der Waals surface area contributed by atoms with Crippen LogP contribution in [0.25, 0.3) is 0 Å². The monoisotopic (exact) mass is 174 g/mol. The van der Waals surface area contributed by atoms with E-state index in [0.29, 0.717) is 12.8 Å². The third-order valence-corrected chi connectivity index (χ3v) is 2.55. The maximum absolute atomic E-state index is 13.1. The fraction of sp³-hybridized carbons (Fsp3) is 0.889. The van der Waals surface area contributed by atoms with Gasteiger partial charge in [0.15, 0.2) is 0 Å². The van der Waals surface area contributed by atoms with Crippen LogP contribution >= 0.6 is 0 Å². The van der Waals surface area contributed by atoms with E-state index in [0.717, 1.165) is 19.3 Å². The highest BCUT2D eigenvalue weighted by Gasteiger charge is 2.24. The van der Waals surface area contributed by atoms with E-state index < -0.39 is 12.1 Å². The zero-order chi connectivity index (χ0) is 8.97. The molecule has 1 N–H and O–H groups in total. The maximum atomic E-state index is 13.1. The summed E-state index contributed by atoms with van der Waals surface area (Å²) in [6.45, 7) is 0. The summed E-state index contributed by atoms with van der Waals surface area (Å²) >= 11 is 0. The molecule has 0 saturated heterocycles. The van der Waals surface area contributed by atoms with Crippen molar-refractivity contribution in [1.29, 1.82) is 0 Å². The number of carboxylic acid groups (broad SMARTS) is 1. The minimum atomic E-state index is -0.812. The van der Waals surface area contributed by atoms with Crippen molar-refractivity contribution in [2.24, 2.45) is 5.92 Å². The second-order valence-corrected chi connectivity index (χ2v) is 3.49. The summed E-state index contributed by atoms with van der Waals surface area (Å²) in [4.78, 5) is 10.2. The number of rotatable bonds is 3. The molecule has 0 aromatic heterocycles. The maximum Gasteiger partial charge on any atom is 0.303 e. The largest absolute Gasteiger partial charge is 0.481 e. The lowest BCUT2D eigenvalue weighted by molar-refractivity contribution is -0.137. The van der Waals surface area contributed by atoms with Gasteiger partial charge in [0.05, 0.1) is 0 Å². The number of carboxylic acids is 1. The van der Waals surface area contributed by atoms with Crippen LogP contribution in [0.1, 0.15) is 38.5 Å². The first-order valence-corrected chi connectivity index (χ1v) is 4.56. The second-order valence-electron chi connectivity index (χ2n) is 3.49. The number of hydrogen-bond acceptors (Lipinski definition) is 1. The van der Waals surface area contributed by atoms with E-state index in [2.05, 4.69) is 0 Å². The Balaban J connectivity index is 2.24. The summed E-state index contributed by atoms with van der Waals surface area (Å²) in [6, 6.07) is 0. The first-order valence-electron chi connectivity index (χ1n) is 4.56. The topological polar surface area (TPSA) is 37.3 Å². The van der Waals surface area contributed by atoms with Crippen LogP contribution in [0, 0.1) is 5.92 Å². The molecule has 1 fully saturated rings. The molecular weight excluding hydrogens is 159 g/mol. The highest BCUT2D eigenvalue weighted by molar-refractivity contribution is 5.66. The lowest BCUT2D eigenvalue weighted by Gasteiger charge is -2.24. The summed E-state index contributed by atoms with van der Waals surface area (Å²) in [6.07, 6.45) is 3.40. The highest BCUT2D eigenvalue weighted by Crippen LogP contribution is 2.30. The van der Waals surface area contributed by atoms with Crippen LogP contribution in [-0.4, -0.2) is 17.2 Å². The van der Waals surface area contributed by atoms with Gasteiger partial charge in [0.2, 0.25) is 0 Å². The predicted octanol–water partition coefficient (Wildman–Crippen LogP) is 2.38. The minimum absolute atomic E-state index is 0.00912. The normalized spacial score (nSPS) is 30.1. The van der Waals surface area contributed by atoms with Crippen LogP contribution in [0.4, 0.5) is 4.39 Å². The van der Waals surface area contributed by atoms with Gasteiger partial charge < -0.3 is 5.11 Å². The molecule has 1 aliphatic rings. The Labute approximate surface area is 71.8 Å². The van der Waals surface area contributed by atoms with Gasteiger partial charge in [0, 0.05) is 6.42 Å². The molecule has 0 bridgehead atoms. The van der Waals surface area contributed by atoms with Gasteiger partial charge >= 0.3 is 5.97 Å². The van der Waals surface area contributed by atoms with Crippen molar-refractivity contribution < 1.29 is 14.3 Å². The Kier molecular flexibility index (Phi) is 3.50. The average molecular weight is 174 g/mol. The van der Waals surface area contributed by atoms with Crippen LogP contribution in [0.5, 0.6) is 0 Å². The number of hydrogen-bond donors (Lipinski definition) is 1. The first-order chi connectivity index (χ1) is 5.70. The zero-order valence-corrected chi connectivity index (χ0v) is 7.13. The Bertz CT molecular complexity index is 159. The predicted molar refractivity (Wildman–Crippen MR) is 43.7 cm³/mol. The number of aliphatic carboxylic acids is 1. The molecule has 0 aromatic carbocycles. The number of halogens is 1. The van der Waals surface area contributed by atoms with Crippen molar-refractivity contribution in [2.75, 3.05) is 0 Å². The standard InChI is InChI=1S/C9H15FO2/c10-8-4-2-1-3-7(8)5-6-9(11)12/h7-8H,1-6H2,(H,11,12). The Morgan fingerprint density at radius 1 is 1.42 bits per heavy atom. The number of carbonyl (C=O) groups is 1. The molecule has 1 aliphatic carbocycles. The second kappa shape index (κ2) is 4.43. The summed E-state index contributed by atoms with van der Waals surface area (Å²) in [7, 11) is 0. The van der Waals surface area contributed by atoms with Crippen LogP contribution in [0.3, 0.4) is 0 Å². The molecule has 2 atom stereocenters. The third kappa shape index (κ3) is 2.80. The molecule has 2 nitrogen and oxygen atoms in total. The molecule has 0 spiro atoms. The van der Waals surface area contributed by atoms with Crippen LogP contribution in [-0.2, 0) is 4.79 Å². The lowest BCUT2D eigenvalue weighted by Crippen LogP contribution is -2.21. The summed E-state index contributed by atoms with van der Waals surface area (Å²) in [5, 5.41) is 8.41. The SMILES string of the molecule is O=C(O)CCC1CCCCC1F. The van der Waals surface area contributed by atoms with Crippen molar-refractivity contribution >= 4 is 5.97 Å². The Morgan fingerprint density at radius 3 is 2.67 bits per heavy atom. The van der Waals surface area contributed by atoms with E-state index >= 15 is 0 Å². The van der Waals surface area contributed by atoms with Gasteiger partial charge in [-0.1, -0.05) is 12.8 Å². The summed E-state index contributed by atoms with van der Waals surface area (Å²) < 4.78 is 13.1. The first kappa shape index (κ1) is 9.49. The van der Waals surface area contributed by atoms with Crippen molar-refractivity contribution in [3.05, 3.63) is 0 Å². The van der Waals surface area contributed by atoms with E-state index in [1.165, 1.54) is 0 Å². The van der Waals surface area contributed by atoms with Gasteiger partial charge in [0.1, 0.15) is 6.17 Å². The van der Waals surface area contributed by atoms with Gasteiger partial charge in [-0.3, -0.25) is 4.79 Å². The van der Waals surface area contributed by atoms with Crippen molar-refractivity contribution in [2.45, 2.75) is 44.7 Å². The fourth-order valence-corrected chi connectivity index (χ4v) is 1.80. The van der Waals surface area contributed by atoms with E-state index in [1.54, 1.807) is 0 Å². The highest BCUT2D eigenvalue weighted by atomic mass is 19.1. The van der Waals surface area contributed by atoms with Crippen molar-refractivity contribution in [3.8, 4) is 0 Å². The van der Waals surface area contributed by atoms with Gasteiger partial charge in [-0.15, -0.1) is 0 Å². The molecule has 0 heterocycles. The van der Waals surface area contributed by atoms with Crippen molar-refractivity contribution in [1.82, 2.24) is 0 Å². The van der Waals surface area contributed by atoms with Crippen molar-refractivity contribution in [3.63, 3.8) is 0 Å². The third-order valence-electron chi connectivity index (χ3n) is 2.55. The molecule has 2 unspecified atom stereocenters. The average Bonchev–Trinajstić information content (AvgIpc) is 2.03. The zero-order valence-electron chi connectivity index (χ0n) is 7.13. The molecule has 0 radical (unpaired) electrons. The van der Waals surface area contributed by atoms with Crippen LogP contribution in [0.2, 0.25) is 0 Å². The van der Waals surface area contributed by atoms with E-state index in [1.807, 2.05) is 0 Å². The number of alkyl halides is 1. The molecule has 1 saturated carbocycles. The molecule has 12 heavy (non-hydrogen) atoms. The quantitative estimate of drug-likeness (QED) is 0.713. The molecule has 0 aromatic rings. The minimum Gasteiger partial charge on any atom is -0.481 e. The molecule has 0 aliphatic heterocycles. The van der Waals surface area contributed by atoms with Crippen LogP contribution < -0.4 is 0 Å². The molecular formula is C9H15FO2. The van der Waals surface area contributed by atoms with Gasteiger partial charge in [-0.2, -0.15) is 0 Å². The Morgan fingerprint density at radius 2 is 2.08 bits per heavy atom. The lowest BCUT2D eigenvalue weighted by atomic mass is 9.84. The molecule has 1 rings (SSSR count).